The van der Waals surface area contributed by atoms with Crippen LogP contribution < -0.4 is 10.6 Å². The predicted octanol–water partition coefficient (Wildman–Crippen LogP) is 0.977. The van der Waals surface area contributed by atoms with E-state index in [4.69, 9.17) is 0 Å². The fraction of sp³-hybridized carbons (Fsp3) is 0.923. The van der Waals surface area contributed by atoms with Gasteiger partial charge in [0.05, 0.1) is 0 Å². The van der Waals surface area contributed by atoms with Crippen LogP contribution in [0.1, 0.15) is 39.5 Å². The molecule has 0 aliphatic carbocycles. The van der Waals surface area contributed by atoms with Gasteiger partial charge in [-0.2, -0.15) is 0 Å². The first kappa shape index (κ1) is 14.5. The number of likely N-dealkylation sites (tertiary alicyclic amines) is 1. The molecule has 1 rings (SSSR count). The van der Waals surface area contributed by atoms with Gasteiger partial charge in [-0.1, -0.05) is 6.92 Å². The lowest BCUT2D eigenvalue weighted by Crippen LogP contribution is -2.37. The van der Waals surface area contributed by atoms with Crippen molar-refractivity contribution in [2.24, 2.45) is 0 Å². The van der Waals surface area contributed by atoms with Crippen molar-refractivity contribution in [3.63, 3.8) is 0 Å². The SMILES string of the molecule is CCCN1CCCC(NCCNC(C)=O)CC1. The Hall–Kier alpha value is -0.610. The highest BCUT2D eigenvalue weighted by Gasteiger charge is 2.15. The first-order valence-electron chi connectivity index (χ1n) is 6.92. The van der Waals surface area contributed by atoms with Crippen LogP contribution in [0.3, 0.4) is 0 Å². The van der Waals surface area contributed by atoms with Gasteiger partial charge in [-0.25, -0.2) is 0 Å². The number of hydrogen-bond acceptors (Lipinski definition) is 3. The quantitative estimate of drug-likeness (QED) is 0.681. The highest BCUT2D eigenvalue weighted by molar-refractivity contribution is 5.72. The molecule has 1 heterocycles. The Kier molecular flexibility index (Phi) is 7.21. The molecule has 0 spiro atoms. The van der Waals surface area contributed by atoms with Crippen LogP contribution in [0.2, 0.25) is 0 Å². The lowest BCUT2D eigenvalue weighted by Gasteiger charge is -2.19. The molecule has 4 nitrogen and oxygen atoms in total. The van der Waals surface area contributed by atoms with Crippen molar-refractivity contribution >= 4 is 5.91 Å². The second kappa shape index (κ2) is 8.48. The second-order valence-corrected chi connectivity index (χ2v) is 4.91. The van der Waals surface area contributed by atoms with E-state index in [1.807, 2.05) is 0 Å². The minimum absolute atomic E-state index is 0.0572. The van der Waals surface area contributed by atoms with Crippen molar-refractivity contribution in [3.8, 4) is 0 Å². The fourth-order valence-corrected chi connectivity index (χ4v) is 2.41. The van der Waals surface area contributed by atoms with Crippen molar-refractivity contribution in [1.82, 2.24) is 15.5 Å². The molecule has 1 aliphatic heterocycles. The summed E-state index contributed by atoms with van der Waals surface area (Å²) >= 11 is 0. The Morgan fingerprint density at radius 2 is 2.12 bits per heavy atom. The van der Waals surface area contributed by atoms with Crippen molar-refractivity contribution in [2.45, 2.75) is 45.6 Å². The maximum atomic E-state index is 10.7. The summed E-state index contributed by atoms with van der Waals surface area (Å²) in [5, 5.41) is 6.36. The normalized spacial score (nSPS) is 22.1. The topological polar surface area (TPSA) is 44.4 Å². The zero-order valence-electron chi connectivity index (χ0n) is 11.3. The van der Waals surface area contributed by atoms with Crippen molar-refractivity contribution in [2.75, 3.05) is 32.7 Å². The molecule has 2 N–H and O–H groups in total. The molecule has 0 aromatic rings. The first-order chi connectivity index (χ1) is 8.22. The van der Waals surface area contributed by atoms with Crippen LogP contribution in [0, 0.1) is 0 Å². The average Bonchev–Trinajstić information content (AvgIpc) is 2.51. The summed E-state index contributed by atoms with van der Waals surface area (Å²) in [6, 6.07) is 0.630. The summed E-state index contributed by atoms with van der Waals surface area (Å²) in [7, 11) is 0. The van der Waals surface area contributed by atoms with E-state index in [2.05, 4.69) is 22.5 Å². The number of nitrogens with one attached hydrogen (secondary N) is 2. The molecule has 0 saturated carbocycles. The van der Waals surface area contributed by atoms with E-state index < -0.39 is 0 Å². The summed E-state index contributed by atoms with van der Waals surface area (Å²) in [5.41, 5.74) is 0. The minimum atomic E-state index is 0.0572. The molecule has 1 amide bonds. The number of carbonyl (C=O) groups is 1. The van der Waals surface area contributed by atoms with E-state index in [1.165, 1.54) is 45.3 Å². The molecule has 0 bridgehead atoms. The van der Waals surface area contributed by atoms with Gasteiger partial charge >= 0.3 is 0 Å². The number of carbonyl (C=O) groups excluding carboxylic acids is 1. The van der Waals surface area contributed by atoms with E-state index in [0.717, 1.165) is 13.1 Å². The number of amides is 1. The summed E-state index contributed by atoms with van der Waals surface area (Å²) in [6.45, 7) is 9.13. The molecule has 0 aromatic heterocycles. The number of hydrogen-bond donors (Lipinski definition) is 2. The highest BCUT2D eigenvalue weighted by Crippen LogP contribution is 2.10. The van der Waals surface area contributed by atoms with Gasteiger partial charge in [-0.05, 0) is 45.3 Å². The van der Waals surface area contributed by atoms with E-state index >= 15 is 0 Å². The molecule has 4 heteroatoms. The van der Waals surface area contributed by atoms with Gasteiger partial charge in [0.1, 0.15) is 0 Å². The van der Waals surface area contributed by atoms with Crippen molar-refractivity contribution < 1.29 is 4.79 Å². The predicted molar refractivity (Wildman–Crippen MR) is 71.1 cm³/mol. The molecule has 1 atom stereocenters. The lowest BCUT2D eigenvalue weighted by molar-refractivity contribution is -0.118. The third-order valence-corrected chi connectivity index (χ3v) is 3.29. The van der Waals surface area contributed by atoms with Crippen LogP contribution >= 0.6 is 0 Å². The van der Waals surface area contributed by atoms with Crippen LogP contribution in [-0.4, -0.2) is 49.6 Å². The van der Waals surface area contributed by atoms with E-state index in [0.29, 0.717) is 6.04 Å². The molecule has 0 aromatic carbocycles. The van der Waals surface area contributed by atoms with Gasteiger partial charge in [-0.3, -0.25) is 4.79 Å². The van der Waals surface area contributed by atoms with Crippen LogP contribution in [0.5, 0.6) is 0 Å². The smallest absolute Gasteiger partial charge is 0.216 e. The molecule has 1 aliphatic rings. The molecule has 0 radical (unpaired) electrons. The van der Waals surface area contributed by atoms with Gasteiger partial charge < -0.3 is 15.5 Å². The Balaban J connectivity index is 2.11. The molecule has 17 heavy (non-hydrogen) atoms. The van der Waals surface area contributed by atoms with Crippen LogP contribution in [0.4, 0.5) is 0 Å². The number of nitrogens with zero attached hydrogens (tertiary/aromatic N) is 1. The van der Waals surface area contributed by atoms with Crippen LogP contribution in [-0.2, 0) is 4.79 Å². The van der Waals surface area contributed by atoms with Crippen molar-refractivity contribution in [3.05, 3.63) is 0 Å². The fourth-order valence-electron chi connectivity index (χ4n) is 2.41. The van der Waals surface area contributed by atoms with Crippen molar-refractivity contribution in [1.29, 1.82) is 0 Å². The van der Waals surface area contributed by atoms with E-state index in [9.17, 15) is 4.79 Å². The first-order valence-corrected chi connectivity index (χ1v) is 6.92. The summed E-state index contributed by atoms with van der Waals surface area (Å²) in [4.78, 5) is 13.3. The lowest BCUT2D eigenvalue weighted by atomic mass is 10.1. The molecule has 1 fully saturated rings. The Morgan fingerprint density at radius 3 is 2.82 bits per heavy atom. The van der Waals surface area contributed by atoms with Gasteiger partial charge in [0, 0.05) is 26.1 Å². The monoisotopic (exact) mass is 241 g/mol. The maximum Gasteiger partial charge on any atom is 0.216 e. The van der Waals surface area contributed by atoms with Crippen LogP contribution in [0.15, 0.2) is 0 Å². The zero-order valence-corrected chi connectivity index (χ0v) is 11.3. The van der Waals surface area contributed by atoms with Crippen LogP contribution in [0.25, 0.3) is 0 Å². The third-order valence-electron chi connectivity index (χ3n) is 3.29. The van der Waals surface area contributed by atoms with E-state index in [1.54, 1.807) is 6.92 Å². The largest absolute Gasteiger partial charge is 0.355 e. The molecule has 100 valence electrons. The molecule has 1 unspecified atom stereocenters. The minimum Gasteiger partial charge on any atom is -0.355 e. The Labute approximate surface area is 105 Å². The molecular weight excluding hydrogens is 214 g/mol. The number of rotatable bonds is 6. The maximum absolute atomic E-state index is 10.7. The van der Waals surface area contributed by atoms with E-state index in [-0.39, 0.29) is 5.91 Å². The third kappa shape index (κ3) is 6.64. The zero-order chi connectivity index (χ0) is 12.5. The molecular formula is C13H27N3O. The van der Waals surface area contributed by atoms with Gasteiger partial charge in [0.2, 0.25) is 5.91 Å². The van der Waals surface area contributed by atoms with Gasteiger partial charge in [0.25, 0.3) is 0 Å². The summed E-state index contributed by atoms with van der Waals surface area (Å²) in [6.07, 6.45) is 5.04. The summed E-state index contributed by atoms with van der Waals surface area (Å²) < 4.78 is 0. The summed E-state index contributed by atoms with van der Waals surface area (Å²) in [5.74, 6) is 0.0572. The standard InChI is InChI=1S/C13H27N3O/c1-3-9-16-10-4-5-13(6-11-16)15-8-7-14-12(2)17/h13,15H,3-11H2,1-2H3,(H,14,17). The Morgan fingerprint density at radius 1 is 1.29 bits per heavy atom. The highest BCUT2D eigenvalue weighted by atomic mass is 16.1. The average molecular weight is 241 g/mol. The van der Waals surface area contributed by atoms with Gasteiger partial charge in [-0.15, -0.1) is 0 Å². The van der Waals surface area contributed by atoms with Gasteiger partial charge in [0.15, 0.2) is 0 Å². The Bertz CT molecular complexity index is 221. The second-order valence-electron chi connectivity index (χ2n) is 4.91. The molecule has 1 saturated heterocycles.